The first-order valence-corrected chi connectivity index (χ1v) is 21.6. The van der Waals surface area contributed by atoms with Gasteiger partial charge in [-0.3, -0.25) is 0 Å². The van der Waals surface area contributed by atoms with Crippen LogP contribution in [-0.4, -0.2) is 40.2 Å². The average molecular weight is 686 g/mol. The first kappa shape index (κ1) is 42.7. The molecule has 10 atom stereocenters. The molecule has 3 saturated carbocycles. The van der Waals surface area contributed by atoms with Gasteiger partial charge in [0.25, 0.3) is 0 Å². The van der Waals surface area contributed by atoms with Crippen molar-refractivity contribution in [1.82, 2.24) is 0 Å². The highest BCUT2D eigenvalue weighted by molar-refractivity contribution is 5.25. The monoisotopic (exact) mass is 686 g/mol. The molecule has 0 aliphatic heterocycles. The summed E-state index contributed by atoms with van der Waals surface area (Å²) in [5, 5.41) is 28.5. The van der Waals surface area contributed by atoms with Crippen LogP contribution in [0, 0.1) is 46.3 Å². The van der Waals surface area contributed by atoms with Crippen molar-refractivity contribution < 1.29 is 15.3 Å². The van der Waals surface area contributed by atoms with Crippen LogP contribution in [0.5, 0.6) is 0 Å². The zero-order chi connectivity index (χ0) is 35.9. The van der Waals surface area contributed by atoms with Crippen LogP contribution in [-0.2, 0) is 0 Å². The molecule has 0 saturated heterocycles. The van der Waals surface area contributed by atoms with Crippen molar-refractivity contribution in [2.75, 3.05) is 6.61 Å². The van der Waals surface area contributed by atoms with Gasteiger partial charge in [0.15, 0.2) is 0 Å². The van der Waals surface area contributed by atoms with E-state index in [0.717, 1.165) is 54.8 Å². The minimum atomic E-state index is -0.720. The lowest BCUT2D eigenvalue weighted by atomic mass is 9.47. The summed E-state index contributed by atoms with van der Waals surface area (Å²) >= 11 is 0. The van der Waals surface area contributed by atoms with Crippen molar-refractivity contribution in [1.29, 1.82) is 0 Å². The number of aliphatic hydroxyl groups excluding tert-OH is 3. The molecule has 0 aromatic rings. The Balaban J connectivity index is 0.000000279. The van der Waals surface area contributed by atoms with Crippen LogP contribution in [0.1, 0.15) is 189 Å². The summed E-state index contributed by atoms with van der Waals surface area (Å²) in [6.07, 6.45) is 36.0. The Morgan fingerprint density at radius 1 is 0.837 bits per heavy atom. The third-order valence-electron chi connectivity index (χ3n) is 14.2. The van der Waals surface area contributed by atoms with Gasteiger partial charge in [-0.2, -0.15) is 0 Å². The standard InChI is InChI=1S/C27H46O.C18H37NO2/c1-18(2)7-6-8-19(3)23-11-12-24-22-10-9-20-17-21(28)13-15-26(20,4)25(22)14-16-27(23,24)5;1-2-3-4-5-6-7-8-9-10-11-12-13-14-15-18(21)17(19)16-20/h9,18-19,21-25,28H,6-8,10-17H2,1-5H3;14-15,17-18,20-21H,2-13,16,19H2,1H3/b;15-14+/t;17-,18+/m.0/s1. The number of unbranched alkanes of at least 4 members (excludes halogenated alkanes) is 11. The highest BCUT2D eigenvalue weighted by Crippen LogP contribution is 2.67. The fraction of sp³-hybridized carbons (Fsp3) is 0.911. The summed E-state index contributed by atoms with van der Waals surface area (Å²) in [5.41, 5.74) is 8.12. The molecular formula is C45H83NO3. The van der Waals surface area contributed by atoms with E-state index in [2.05, 4.69) is 47.6 Å². The van der Waals surface area contributed by atoms with E-state index in [1.165, 1.54) is 128 Å². The van der Waals surface area contributed by atoms with E-state index < -0.39 is 12.1 Å². The highest BCUT2D eigenvalue weighted by atomic mass is 16.3. The molecule has 0 aromatic heterocycles. The van der Waals surface area contributed by atoms with Crippen molar-refractivity contribution in [3.8, 4) is 0 Å². The van der Waals surface area contributed by atoms with E-state index in [9.17, 15) is 10.2 Å². The second kappa shape index (κ2) is 21.8. The van der Waals surface area contributed by atoms with E-state index in [4.69, 9.17) is 10.8 Å². The summed E-state index contributed by atoms with van der Waals surface area (Å²) in [6.45, 7) is 14.7. The molecular weight excluding hydrogens is 602 g/mol. The highest BCUT2D eigenvalue weighted by Gasteiger charge is 2.59. The Hall–Kier alpha value is -0.680. The molecule has 4 aliphatic carbocycles. The summed E-state index contributed by atoms with van der Waals surface area (Å²) in [5.74, 6) is 5.46. The molecule has 4 aliphatic rings. The zero-order valence-corrected chi connectivity index (χ0v) is 33.3. The summed E-state index contributed by atoms with van der Waals surface area (Å²) in [7, 11) is 0. The van der Waals surface area contributed by atoms with E-state index in [-0.39, 0.29) is 12.7 Å². The van der Waals surface area contributed by atoms with Gasteiger partial charge in [0, 0.05) is 0 Å². The maximum Gasteiger partial charge on any atom is 0.0894 e. The smallest absolute Gasteiger partial charge is 0.0894 e. The van der Waals surface area contributed by atoms with E-state index >= 15 is 0 Å². The Bertz CT molecular complexity index is 961. The molecule has 5 N–H and O–H groups in total. The average Bonchev–Trinajstić information content (AvgIpc) is 3.44. The lowest BCUT2D eigenvalue weighted by molar-refractivity contribution is -0.0573. The predicted molar refractivity (Wildman–Crippen MR) is 210 cm³/mol. The second-order valence-electron chi connectivity index (χ2n) is 18.3. The maximum absolute atomic E-state index is 10.2. The summed E-state index contributed by atoms with van der Waals surface area (Å²) < 4.78 is 0. The Kier molecular flexibility index (Phi) is 19.0. The zero-order valence-electron chi connectivity index (χ0n) is 33.3. The fourth-order valence-electron chi connectivity index (χ4n) is 11.1. The van der Waals surface area contributed by atoms with Gasteiger partial charge < -0.3 is 21.1 Å². The molecule has 286 valence electrons. The van der Waals surface area contributed by atoms with E-state index in [1.54, 1.807) is 11.6 Å². The molecule has 4 nitrogen and oxygen atoms in total. The SMILES string of the molecule is CC(C)CCCC(C)C1CCC2C3CC=C4CC(O)CCC4(C)C3CCC12C.CCCCCCCCCCCCC/C=C/[C@@H](O)[C@@H](N)CO. The van der Waals surface area contributed by atoms with Crippen LogP contribution in [0.3, 0.4) is 0 Å². The number of aliphatic hydroxyl groups is 3. The molecule has 0 aromatic carbocycles. The minimum Gasteiger partial charge on any atom is -0.395 e. The lowest BCUT2D eigenvalue weighted by Gasteiger charge is -2.58. The van der Waals surface area contributed by atoms with Gasteiger partial charge in [0.2, 0.25) is 0 Å². The van der Waals surface area contributed by atoms with Crippen LogP contribution < -0.4 is 5.73 Å². The molecule has 4 heteroatoms. The van der Waals surface area contributed by atoms with Gasteiger partial charge in [-0.1, -0.05) is 149 Å². The number of hydrogen-bond acceptors (Lipinski definition) is 4. The maximum atomic E-state index is 10.2. The van der Waals surface area contributed by atoms with Crippen molar-refractivity contribution in [3.05, 3.63) is 23.8 Å². The first-order chi connectivity index (χ1) is 23.5. The van der Waals surface area contributed by atoms with Gasteiger partial charge >= 0.3 is 0 Å². The number of hydrogen-bond donors (Lipinski definition) is 4. The van der Waals surface area contributed by atoms with Gasteiger partial charge in [-0.25, -0.2) is 0 Å². The first-order valence-electron chi connectivity index (χ1n) is 21.6. The second-order valence-corrected chi connectivity index (χ2v) is 18.3. The Morgan fingerprint density at radius 3 is 2.12 bits per heavy atom. The van der Waals surface area contributed by atoms with Crippen LogP contribution in [0.25, 0.3) is 0 Å². The van der Waals surface area contributed by atoms with Gasteiger partial charge in [-0.15, -0.1) is 0 Å². The van der Waals surface area contributed by atoms with Crippen LogP contribution in [0.2, 0.25) is 0 Å². The lowest BCUT2D eigenvalue weighted by Crippen LogP contribution is -2.50. The number of allylic oxidation sites excluding steroid dienone is 2. The molecule has 0 bridgehead atoms. The summed E-state index contributed by atoms with van der Waals surface area (Å²) in [4.78, 5) is 0. The van der Waals surface area contributed by atoms with Gasteiger partial charge in [-0.05, 0) is 111 Å². The topological polar surface area (TPSA) is 86.7 Å². The molecule has 0 radical (unpaired) electrons. The van der Waals surface area contributed by atoms with Crippen molar-refractivity contribution in [3.63, 3.8) is 0 Å². The van der Waals surface area contributed by atoms with E-state index in [1.807, 2.05) is 6.08 Å². The number of fused-ring (bicyclic) bond motifs is 5. The fourth-order valence-corrected chi connectivity index (χ4v) is 11.1. The van der Waals surface area contributed by atoms with Crippen molar-refractivity contribution in [2.45, 2.75) is 207 Å². The molecule has 0 amide bonds. The molecule has 0 spiro atoms. The molecule has 8 unspecified atom stereocenters. The van der Waals surface area contributed by atoms with Crippen LogP contribution in [0.15, 0.2) is 23.8 Å². The number of rotatable bonds is 20. The summed E-state index contributed by atoms with van der Waals surface area (Å²) in [6, 6.07) is -0.557. The third kappa shape index (κ3) is 12.5. The Morgan fingerprint density at radius 2 is 1.49 bits per heavy atom. The van der Waals surface area contributed by atoms with Crippen molar-refractivity contribution >= 4 is 0 Å². The normalized spacial score (nSPS) is 32.9. The van der Waals surface area contributed by atoms with Crippen molar-refractivity contribution in [2.24, 2.45) is 52.1 Å². The molecule has 3 fully saturated rings. The Labute approximate surface area is 304 Å². The van der Waals surface area contributed by atoms with Crippen LogP contribution >= 0.6 is 0 Å². The molecule has 4 rings (SSSR count). The largest absolute Gasteiger partial charge is 0.395 e. The minimum absolute atomic E-state index is 0.0766. The quantitative estimate of drug-likeness (QED) is 0.0759. The van der Waals surface area contributed by atoms with Gasteiger partial charge in [0.1, 0.15) is 0 Å². The van der Waals surface area contributed by atoms with Gasteiger partial charge in [0.05, 0.1) is 24.9 Å². The molecule has 0 heterocycles. The third-order valence-corrected chi connectivity index (χ3v) is 14.2. The molecule has 49 heavy (non-hydrogen) atoms. The van der Waals surface area contributed by atoms with E-state index in [0.29, 0.717) is 10.8 Å². The predicted octanol–water partition coefficient (Wildman–Crippen LogP) is 11.3. The number of nitrogens with two attached hydrogens (primary N) is 1. The van der Waals surface area contributed by atoms with Crippen LogP contribution in [0.4, 0.5) is 0 Å².